The minimum Gasteiger partial charge on any atom is -0.478 e. The fraction of sp³-hybridized carbons (Fsp3) is 0.385. The molecule has 0 radical (unpaired) electrons. The first-order chi connectivity index (χ1) is 9.58. The van der Waals surface area contributed by atoms with Crippen LogP contribution in [0.4, 0.5) is 10.5 Å². The van der Waals surface area contributed by atoms with Gasteiger partial charge in [-0.25, -0.2) is 9.59 Å². The van der Waals surface area contributed by atoms with E-state index in [0.29, 0.717) is 12.2 Å². The van der Waals surface area contributed by atoms with E-state index in [-0.39, 0.29) is 16.6 Å². The Bertz CT molecular complexity index is 516. The Labute approximate surface area is 126 Å². The summed E-state index contributed by atoms with van der Waals surface area (Å²) in [7, 11) is 0. The van der Waals surface area contributed by atoms with Gasteiger partial charge in [0.05, 0.1) is 16.3 Å². The smallest absolute Gasteiger partial charge is 0.335 e. The zero-order chi connectivity index (χ0) is 14.5. The Kier molecular flexibility index (Phi) is 5.14. The molecule has 2 N–H and O–H groups in total. The van der Waals surface area contributed by atoms with Crippen molar-refractivity contribution in [2.24, 2.45) is 0 Å². The van der Waals surface area contributed by atoms with Crippen molar-refractivity contribution in [3.05, 3.63) is 28.8 Å². The number of rotatable bonds is 2. The first-order valence-corrected chi connectivity index (χ1v) is 7.77. The molecule has 1 aromatic carbocycles. The van der Waals surface area contributed by atoms with Crippen LogP contribution in [0.3, 0.4) is 0 Å². The predicted octanol–water partition coefficient (Wildman–Crippen LogP) is 3.01. The number of halogens is 1. The highest BCUT2D eigenvalue weighted by Gasteiger charge is 2.17. The Morgan fingerprint density at radius 2 is 2.10 bits per heavy atom. The van der Waals surface area contributed by atoms with Crippen molar-refractivity contribution < 1.29 is 14.7 Å². The first-order valence-electron chi connectivity index (χ1n) is 6.24. The number of hydrogen-bond donors (Lipinski definition) is 2. The van der Waals surface area contributed by atoms with Crippen molar-refractivity contribution in [2.75, 3.05) is 29.9 Å². The number of benzene rings is 1. The van der Waals surface area contributed by atoms with Crippen molar-refractivity contribution >= 4 is 41.1 Å². The second kappa shape index (κ2) is 6.85. The largest absolute Gasteiger partial charge is 0.478 e. The van der Waals surface area contributed by atoms with E-state index in [2.05, 4.69) is 5.32 Å². The number of thioether (sulfide) groups is 1. The van der Waals surface area contributed by atoms with Crippen LogP contribution in [0, 0.1) is 0 Å². The third-order valence-electron chi connectivity index (χ3n) is 2.97. The summed E-state index contributed by atoms with van der Waals surface area (Å²) in [6.07, 6.45) is 0.976. The van der Waals surface area contributed by atoms with Crippen LogP contribution in [-0.2, 0) is 0 Å². The van der Waals surface area contributed by atoms with Gasteiger partial charge in [-0.1, -0.05) is 11.6 Å². The molecule has 0 unspecified atom stereocenters. The van der Waals surface area contributed by atoms with E-state index in [1.165, 1.54) is 18.2 Å². The van der Waals surface area contributed by atoms with E-state index >= 15 is 0 Å². The first kappa shape index (κ1) is 15.0. The molecule has 2 amide bonds. The number of carboxylic acids is 1. The van der Waals surface area contributed by atoms with Gasteiger partial charge in [0.25, 0.3) is 0 Å². The van der Waals surface area contributed by atoms with Gasteiger partial charge in [0.2, 0.25) is 0 Å². The third-order valence-corrected chi connectivity index (χ3v) is 4.33. The lowest BCUT2D eigenvalue weighted by Gasteiger charge is -2.20. The van der Waals surface area contributed by atoms with Crippen LogP contribution in [0.1, 0.15) is 16.8 Å². The Morgan fingerprint density at radius 3 is 2.80 bits per heavy atom. The number of nitrogens with one attached hydrogen (secondary N) is 1. The summed E-state index contributed by atoms with van der Waals surface area (Å²) in [5.41, 5.74) is 0.526. The lowest BCUT2D eigenvalue weighted by Crippen LogP contribution is -2.36. The van der Waals surface area contributed by atoms with Gasteiger partial charge in [-0.15, -0.1) is 0 Å². The number of carbonyl (C=O) groups excluding carboxylic acids is 1. The third kappa shape index (κ3) is 3.80. The Morgan fingerprint density at radius 1 is 1.30 bits per heavy atom. The fourth-order valence-corrected chi connectivity index (χ4v) is 3.01. The van der Waals surface area contributed by atoms with Gasteiger partial charge < -0.3 is 15.3 Å². The maximum absolute atomic E-state index is 12.1. The van der Waals surface area contributed by atoms with Crippen LogP contribution < -0.4 is 5.32 Å². The van der Waals surface area contributed by atoms with E-state index in [1.807, 2.05) is 11.8 Å². The normalized spacial score (nSPS) is 15.6. The molecule has 0 saturated carbocycles. The van der Waals surface area contributed by atoms with E-state index in [9.17, 15) is 9.59 Å². The molecule has 0 aliphatic carbocycles. The molecule has 2 rings (SSSR count). The van der Waals surface area contributed by atoms with Crippen molar-refractivity contribution in [3.8, 4) is 0 Å². The molecule has 1 aromatic rings. The molecule has 108 valence electrons. The van der Waals surface area contributed by atoms with Gasteiger partial charge in [-0.3, -0.25) is 0 Å². The lowest BCUT2D eigenvalue weighted by atomic mass is 10.2. The number of carboxylic acid groups (broad SMARTS) is 1. The molecule has 1 saturated heterocycles. The number of urea groups is 1. The molecular weight excluding hydrogens is 300 g/mol. The monoisotopic (exact) mass is 314 g/mol. The highest BCUT2D eigenvalue weighted by Crippen LogP contribution is 2.23. The van der Waals surface area contributed by atoms with E-state index in [4.69, 9.17) is 16.7 Å². The summed E-state index contributed by atoms with van der Waals surface area (Å²) >= 11 is 7.83. The summed E-state index contributed by atoms with van der Waals surface area (Å²) in [6, 6.07) is 4.06. The molecule has 20 heavy (non-hydrogen) atoms. The van der Waals surface area contributed by atoms with Crippen LogP contribution >= 0.6 is 23.4 Å². The van der Waals surface area contributed by atoms with Crippen molar-refractivity contribution in [2.45, 2.75) is 6.42 Å². The maximum Gasteiger partial charge on any atom is 0.335 e. The minimum atomic E-state index is -1.05. The molecule has 0 atom stereocenters. The molecule has 0 bridgehead atoms. The number of anilines is 1. The molecule has 1 fully saturated rings. The van der Waals surface area contributed by atoms with Crippen LogP contribution in [0.2, 0.25) is 5.02 Å². The highest BCUT2D eigenvalue weighted by atomic mass is 35.5. The SMILES string of the molecule is O=C(O)c1ccc(NC(=O)N2CCCSCC2)c(Cl)c1. The molecule has 1 aliphatic rings. The molecular formula is C13H15ClN2O3S. The van der Waals surface area contributed by atoms with Crippen LogP contribution in [-0.4, -0.2) is 46.6 Å². The van der Waals surface area contributed by atoms with Crippen LogP contribution in [0.5, 0.6) is 0 Å². The van der Waals surface area contributed by atoms with Gasteiger partial charge >= 0.3 is 12.0 Å². The van der Waals surface area contributed by atoms with Crippen LogP contribution in [0.15, 0.2) is 18.2 Å². The molecule has 0 aromatic heterocycles. The van der Waals surface area contributed by atoms with Gasteiger partial charge in [0, 0.05) is 18.8 Å². The van der Waals surface area contributed by atoms with Crippen molar-refractivity contribution in [1.29, 1.82) is 0 Å². The number of aromatic carboxylic acids is 1. The lowest BCUT2D eigenvalue weighted by molar-refractivity contribution is 0.0697. The van der Waals surface area contributed by atoms with Gasteiger partial charge in [0.1, 0.15) is 0 Å². The molecule has 7 heteroatoms. The summed E-state index contributed by atoms with van der Waals surface area (Å²) in [6.45, 7) is 1.44. The predicted molar refractivity (Wildman–Crippen MR) is 80.9 cm³/mol. The summed E-state index contributed by atoms with van der Waals surface area (Å²) in [5, 5.41) is 11.8. The Hall–Kier alpha value is -1.40. The second-order valence-electron chi connectivity index (χ2n) is 4.38. The number of nitrogens with zero attached hydrogens (tertiary/aromatic N) is 1. The molecule has 5 nitrogen and oxygen atoms in total. The average Bonchev–Trinajstić information content (AvgIpc) is 2.69. The minimum absolute atomic E-state index is 0.0965. The van der Waals surface area contributed by atoms with Crippen LogP contribution in [0.25, 0.3) is 0 Å². The zero-order valence-electron chi connectivity index (χ0n) is 10.8. The molecule has 1 aliphatic heterocycles. The molecule has 0 spiro atoms. The number of amides is 2. The summed E-state index contributed by atoms with van der Waals surface area (Å²) in [4.78, 5) is 24.7. The van der Waals surface area contributed by atoms with Gasteiger partial charge in [-0.2, -0.15) is 11.8 Å². The van der Waals surface area contributed by atoms with E-state index in [1.54, 1.807) is 4.90 Å². The standard InChI is InChI=1S/C13H15ClN2O3S/c14-10-8-9(12(17)18)2-3-11(10)15-13(19)16-4-1-6-20-7-5-16/h2-3,8H,1,4-7H2,(H,15,19)(H,17,18). The van der Waals surface area contributed by atoms with Crippen molar-refractivity contribution in [1.82, 2.24) is 4.90 Å². The van der Waals surface area contributed by atoms with Gasteiger partial charge in [-0.05, 0) is 30.4 Å². The fourth-order valence-electron chi connectivity index (χ4n) is 1.89. The van der Waals surface area contributed by atoms with E-state index < -0.39 is 5.97 Å². The second-order valence-corrected chi connectivity index (χ2v) is 6.01. The maximum atomic E-state index is 12.1. The van der Waals surface area contributed by atoms with E-state index in [0.717, 1.165) is 24.5 Å². The molecule has 1 heterocycles. The van der Waals surface area contributed by atoms with Gasteiger partial charge in [0.15, 0.2) is 0 Å². The number of hydrogen-bond acceptors (Lipinski definition) is 3. The topological polar surface area (TPSA) is 69.6 Å². The highest BCUT2D eigenvalue weighted by molar-refractivity contribution is 7.99. The summed E-state index contributed by atoms with van der Waals surface area (Å²) in [5.74, 6) is 0.950. The quantitative estimate of drug-likeness (QED) is 0.880. The summed E-state index contributed by atoms with van der Waals surface area (Å²) < 4.78 is 0. The average molecular weight is 315 g/mol. The zero-order valence-corrected chi connectivity index (χ0v) is 12.3. The number of carbonyl (C=O) groups is 2. The van der Waals surface area contributed by atoms with Crippen molar-refractivity contribution in [3.63, 3.8) is 0 Å². The Balaban J connectivity index is 2.05.